The maximum absolute atomic E-state index is 5.44. The van der Waals surface area contributed by atoms with Crippen molar-refractivity contribution < 1.29 is 9.47 Å². The summed E-state index contributed by atoms with van der Waals surface area (Å²) >= 11 is 3.64. The van der Waals surface area contributed by atoms with E-state index >= 15 is 0 Å². The van der Waals surface area contributed by atoms with Crippen molar-refractivity contribution in [3.05, 3.63) is 84.4 Å². The molecule has 33 heavy (non-hydrogen) atoms. The number of benzene rings is 3. The Balaban J connectivity index is 1.35. The Morgan fingerprint density at radius 3 is 2.39 bits per heavy atom. The van der Waals surface area contributed by atoms with E-state index in [1.807, 2.05) is 42.1 Å². The van der Waals surface area contributed by atoms with Crippen LogP contribution in [0.3, 0.4) is 0 Å². The number of pyridine rings is 1. The number of aliphatic imine (C=N–C) groups is 1. The van der Waals surface area contributed by atoms with Gasteiger partial charge in [0.05, 0.1) is 36.4 Å². The SMILES string of the molecule is COc1ccc(C2=NCC(CSc3cc(-c4ccccc4)c4ccc(OC)cc4n3)S2)cc1. The lowest BCUT2D eigenvalue weighted by molar-refractivity contribution is 0.415. The van der Waals surface area contributed by atoms with Crippen LogP contribution in [0.4, 0.5) is 0 Å². The van der Waals surface area contributed by atoms with E-state index in [2.05, 4.69) is 48.5 Å². The fourth-order valence-corrected chi connectivity index (χ4v) is 6.00. The van der Waals surface area contributed by atoms with Crippen LogP contribution in [-0.2, 0) is 0 Å². The van der Waals surface area contributed by atoms with Crippen LogP contribution in [0.2, 0.25) is 0 Å². The van der Waals surface area contributed by atoms with Gasteiger partial charge in [0, 0.05) is 28.0 Å². The molecule has 4 aromatic rings. The Hall–Kier alpha value is -2.96. The molecule has 0 amide bonds. The van der Waals surface area contributed by atoms with Gasteiger partial charge in [-0.1, -0.05) is 30.3 Å². The number of ether oxygens (including phenoxy) is 2. The Kier molecular flexibility index (Phi) is 6.55. The van der Waals surface area contributed by atoms with Crippen LogP contribution >= 0.6 is 23.5 Å². The third-order valence-electron chi connectivity index (χ3n) is 5.55. The lowest BCUT2D eigenvalue weighted by Gasteiger charge is -2.12. The average Bonchev–Trinajstić information content (AvgIpc) is 3.36. The monoisotopic (exact) mass is 472 g/mol. The molecular weight excluding hydrogens is 448 g/mol. The van der Waals surface area contributed by atoms with Gasteiger partial charge in [-0.05, 0) is 53.6 Å². The summed E-state index contributed by atoms with van der Waals surface area (Å²) in [6.07, 6.45) is 0. The van der Waals surface area contributed by atoms with Crippen LogP contribution in [-0.4, -0.2) is 41.8 Å². The number of thioether (sulfide) groups is 2. The molecule has 5 rings (SSSR count). The second kappa shape index (κ2) is 9.89. The van der Waals surface area contributed by atoms with Crippen LogP contribution in [0.1, 0.15) is 5.56 Å². The summed E-state index contributed by atoms with van der Waals surface area (Å²) in [6.45, 7) is 0.825. The summed E-state index contributed by atoms with van der Waals surface area (Å²) in [5.74, 6) is 2.63. The molecule has 0 saturated heterocycles. The van der Waals surface area contributed by atoms with Crippen molar-refractivity contribution in [2.24, 2.45) is 4.99 Å². The van der Waals surface area contributed by atoms with E-state index in [4.69, 9.17) is 19.5 Å². The molecule has 6 heteroatoms. The number of nitrogens with zero attached hydrogens (tertiary/aromatic N) is 2. The van der Waals surface area contributed by atoms with Crippen molar-refractivity contribution >= 4 is 39.5 Å². The largest absolute Gasteiger partial charge is 0.497 e. The zero-order valence-corrected chi connectivity index (χ0v) is 20.2. The van der Waals surface area contributed by atoms with Gasteiger partial charge in [0.2, 0.25) is 0 Å². The second-order valence-electron chi connectivity index (χ2n) is 7.68. The molecule has 166 valence electrons. The van der Waals surface area contributed by atoms with E-state index < -0.39 is 0 Å². The van der Waals surface area contributed by atoms with Crippen molar-refractivity contribution in [2.45, 2.75) is 10.3 Å². The van der Waals surface area contributed by atoms with Gasteiger partial charge in [0.15, 0.2) is 0 Å². The van der Waals surface area contributed by atoms with E-state index in [-0.39, 0.29) is 0 Å². The van der Waals surface area contributed by atoms with Crippen LogP contribution in [0.15, 0.2) is 88.9 Å². The molecule has 1 unspecified atom stereocenters. The summed E-state index contributed by atoms with van der Waals surface area (Å²) in [7, 11) is 3.37. The molecule has 0 radical (unpaired) electrons. The van der Waals surface area contributed by atoms with Crippen LogP contribution in [0.5, 0.6) is 11.5 Å². The van der Waals surface area contributed by atoms with Crippen molar-refractivity contribution in [1.29, 1.82) is 0 Å². The number of rotatable bonds is 7. The van der Waals surface area contributed by atoms with Crippen molar-refractivity contribution in [1.82, 2.24) is 4.98 Å². The van der Waals surface area contributed by atoms with Gasteiger partial charge in [0.25, 0.3) is 0 Å². The molecule has 1 aliphatic rings. The maximum atomic E-state index is 5.44. The first kappa shape index (κ1) is 21.9. The van der Waals surface area contributed by atoms with E-state index in [0.29, 0.717) is 5.25 Å². The molecule has 0 bridgehead atoms. The molecule has 3 aromatic carbocycles. The molecule has 1 aromatic heterocycles. The summed E-state index contributed by atoms with van der Waals surface area (Å²) in [6, 6.07) is 26.9. The molecule has 2 heterocycles. The second-order valence-corrected chi connectivity index (χ2v) is 10.0. The highest BCUT2D eigenvalue weighted by Crippen LogP contribution is 2.35. The fourth-order valence-electron chi connectivity index (χ4n) is 3.82. The number of methoxy groups -OCH3 is 2. The van der Waals surface area contributed by atoms with Crippen molar-refractivity contribution in [2.75, 3.05) is 26.5 Å². The number of hydrogen-bond acceptors (Lipinski definition) is 6. The van der Waals surface area contributed by atoms with Crippen LogP contribution in [0.25, 0.3) is 22.0 Å². The summed E-state index contributed by atoms with van der Waals surface area (Å²) in [5, 5.41) is 3.68. The van der Waals surface area contributed by atoms with Crippen molar-refractivity contribution in [3.63, 3.8) is 0 Å². The minimum Gasteiger partial charge on any atom is -0.497 e. The highest BCUT2D eigenvalue weighted by atomic mass is 32.2. The minimum absolute atomic E-state index is 0.426. The molecular formula is C27H24N2O2S2. The molecule has 1 atom stereocenters. The topological polar surface area (TPSA) is 43.7 Å². The zero-order valence-electron chi connectivity index (χ0n) is 18.5. The fraction of sp³-hybridized carbons (Fsp3) is 0.185. The Morgan fingerprint density at radius 2 is 1.64 bits per heavy atom. The molecule has 4 nitrogen and oxygen atoms in total. The summed E-state index contributed by atoms with van der Waals surface area (Å²) < 4.78 is 10.7. The summed E-state index contributed by atoms with van der Waals surface area (Å²) in [5.41, 5.74) is 4.49. The van der Waals surface area contributed by atoms with Gasteiger partial charge in [-0.3, -0.25) is 4.99 Å². The molecule has 0 spiro atoms. The van der Waals surface area contributed by atoms with Gasteiger partial charge >= 0.3 is 0 Å². The molecule has 0 aliphatic carbocycles. The van der Waals surface area contributed by atoms with E-state index in [0.717, 1.165) is 50.3 Å². The van der Waals surface area contributed by atoms with Gasteiger partial charge in [-0.2, -0.15) is 0 Å². The average molecular weight is 473 g/mol. The third kappa shape index (κ3) is 4.87. The molecule has 0 saturated carbocycles. The third-order valence-corrected chi connectivity index (χ3v) is 8.07. The predicted octanol–water partition coefficient (Wildman–Crippen LogP) is 6.57. The Morgan fingerprint density at radius 1 is 0.879 bits per heavy atom. The van der Waals surface area contributed by atoms with E-state index in [9.17, 15) is 0 Å². The first-order chi connectivity index (χ1) is 16.2. The van der Waals surface area contributed by atoms with Crippen LogP contribution in [0, 0.1) is 0 Å². The van der Waals surface area contributed by atoms with Gasteiger partial charge in [0.1, 0.15) is 11.5 Å². The first-order valence-electron chi connectivity index (χ1n) is 10.8. The van der Waals surface area contributed by atoms with E-state index in [1.165, 1.54) is 11.1 Å². The van der Waals surface area contributed by atoms with Gasteiger partial charge in [-0.15, -0.1) is 23.5 Å². The standard InChI is InChI=1S/C27H24N2O2S2/c1-30-20-10-8-19(9-11-20)27-28-16-22(33-27)17-32-26-15-24(18-6-4-3-5-7-18)23-13-12-21(31-2)14-25(23)29-26/h3-15,22H,16-17H2,1-2H3. The predicted molar refractivity (Wildman–Crippen MR) is 140 cm³/mol. The van der Waals surface area contributed by atoms with Crippen LogP contribution < -0.4 is 9.47 Å². The number of aromatic nitrogens is 1. The lowest BCUT2D eigenvalue weighted by Crippen LogP contribution is -2.07. The Bertz CT molecular complexity index is 1290. The maximum Gasteiger partial charge on any atom is 0.121 e. The highest BCUT2D eigenvalue weighted by Gasteiger charge is 2.21. The number of fused-ring (bicyclic) bond motifs is 1. The lowest BCUT2D eigenvalue weighted by atomic mass is 10.0. The summed E-state index contributed by atoms with van der Waals surface area (Å²) in [4.78, 5) is 9.73. The number of hydrogen-bond donors (Lipinski definition) is 0. The highest BCUT2D eigenvalue weighted by molar-refractivity contribution is 8.16. The first-order valence-corrected chi connectivity index (χ1v) is 12.6. The van der Waals surface area contributed by atoms with Gasteiger partial charge in [-0.25, -0.2) is 4.98 Å². The smallest absolute Gasteiger partial charge is 0.121 e. The molecule has 0 N–H and O–H groups in total. The molecule has 0 fully saturated rings. The van der Waals surface area contributed by atoms with Crippen molar-refractivity contribution in [3.8, 4) is 22.6 Å². The quantitative estimate of drug-likeness (QED) is 0.285. The van der Waals surface area contributed by atoms with E-state index in [1.54, 1.807) is 26.0 Å². The normalized spacial score (nSPS) is 15.5. The van der Waals surface area contributed by atoms with Gasteiger partial charge < -0.3 is 9.47 Å². The Labute approximate surface area is 202 Å². The molecule has 1 aliphatic heterocycles. The zero-order chi connectivity index (χ0) is 22.6. The minimum atomic E-state index is 0.426.